The van der Waals surface area contributed by atoms with Gasteiger partial charge >= 0.3 is 0 Å². The van der Waals surface area contributed by atoms with Gasteiger partial charge in [-0.1, -0.05) is 23.7 Å². The number of benzene rings is 2. The normalized spacial score (nSPS) is 20.0. The molecular formula is C21H23ClN2O5S. The highest BCUT2D eigenvalue weighted by molar-refractivity contribution is 7.89. The third-order valence-electron chi connectivity index (χ3n) is 5.35. The minimum atomic E-state index is -3.58. The standard InChI is InChI=1S/C21H23ClN2O5S/c22-16-5-7-18(8-6-16)30(26,27)24-11-9-15(10-12-24)21(25)23-13-17-14-28-19-3-1-2-4-20(19)29-17/h1-8,15,17H,9-14H2,(H,23,25)/t17-/m1/s1. The second kappa shape index (κ2) is 8.83. The summed E-state index contributed by atoms with van der Waals surface area (Å²) >= 11 is 5.84. The molecule has 0 bridgehead atoms. The van der Waals surface area contributed by atoms with Crippen LogP contribution in [-0.2, 0) is 14.8 Å². The number of nitrogens with zero attached hydrogens (tertiary/aromatic N) is 1. The van der Waals surface area contributed by atoms with E-state index in [0.717, 1.165) is 0 Å². The number of sulfonamides is 1. The zero-order valence-corrected chi connectivity index (χ0v) is 17.9. The van der Waals surface area contributed by atoms with Crippen LogP contribution in [0.25, 0.3) is 0 Å². The van der Waals surface area contributed by atoms with Gasteiger partial charge in [-0.2, -0.15) is 4.31 Å². The van der Waals surface area contributed by atoms with Gasteiger partial charge in [0.1, 0.15) is 12.7 Å². The second-order valence-electron chi connectivity index (χ2n) is 7.38. The Hall–Kier alpha value is -2.29. The van der Waals surface area contributed by atoms with Gasteiger partial charge in [-0.3, -0.25) is 4.79 Å². The molecule has 1 atom stereocenters. The van der Waals surface area contributed by atoms with E-state index in [2.05, 4.69) is 5.32 Å². The second-order valence-corrected chi connectivity index (χ2v) is 9.75. The van der Waals surface area contributed by atoms with Crippen molar-refractivity contribution < 1.29 is 22.7 Å². The van der Waals surface area contributed by atoms with Crippen LogP contribution in [0.3, 0.4) is 0 Å². The number of halogens is 1. The summed E-state index contributed by atoms with van der Waals surface area (Å²) in [4.78, 5) is 12.8. The van der Waals surface area contributed by atoms with Crippen molar-refractivity contribution in [1.29, 1.82) is 0 Å². The summed E-state index contributed by atoms with van der Waals surface area (Å²) < 4.78 is 38.5. The molecule has 2 heterocycles. The fourth-order valence-electron chi connectivity index (χ4n) is 3.64. The highest BCUT2D eigenvalue weighted by Crippen LogP contribution is 2.31. The monoisotopic (exact) mass is 450 g/mol. The number of para-hydroxylation sites is 2. The highest BCUT2D eigenvalue weighted by atomic mass is 35.5. The summed E-state index contributed by atoms with van der Waals surface area (Å²) in [6.45, 7) is 1.32. The van der Waals surface area contributed by atoms with Crippen LogP contribution in [-0.4, -0.2) is 51.0 Å². The van der Waals surface area contributed by atoms with Crippen LogP contribution in [0.5, 0.6) is 11.5 Å². The molecule has 2 aromatic carbocycles. The first-order valence-corrected chi connectivity index (χ1v) is 11.7. The molecule has 1 saturated heterocycles. The van der Waals surface area contributed by atoms with Crippen molar-refractivity contribution in [2.24, 2.45) is 5.92 Å². The average molecular weight is 451 g/mol. The summed E-state index contributed by atoms with van der Waals surface area (Å²) in [5.41, 5.74) is 0. The van der Waals surface area contributed by atoms with Crippen LogP contribution in [0, 0.1) is 5.92 Å². The minimum Gasteiger partial charge on any atom is -0.486 e. The summed E-state index contributed by atoms with van der Waals surface area (Å²) in [6.07, 6.45) is 0.696. The van der Waals surface area contributed by atoms with Crippen molar-refractivity contribution >= 4 is 27.5 Å². The van der Waals surface area contributed by atoms with Gasteiger partial charge in [-0.25, -0.2) is 8.42 Å². The summed E-state index contributed by atoms with van der Waals surface area (Å²) in [6, 6.07) is 13.5. The molecule has 2 aromatic rings. The maximum atomic E-state index is 12.8. The van der Waals surface area contributed by atoms with Gasteiger partial charge in [-0.05, 0) is 49.2 Å². The largest absolute Gasteiger partial charge is 0.486 e. The van der Waals surface area contributed by atoms with Crippen molar-refractivity contribution in [3.63, 3.8) is 0 Å². The lowest BCUT2D eigenvalue weighted by Gasteiger charge is -2.31. The highest BCUT2D eigenvalue weighted by Gasteiger charge is 2.32. The predicted octanol–water partition coefficient (Wildman–Crippen LogP) is 2.70. The number of nitrogens with one attached hydrogen (secondary N) is 1. The Morgan fingerprint density at radius 2 is 1.73 bits per heavy atom. The van der Waals surface area contributed by atoms with Crippen LogP contribution >= 0.6 is 11.6 Å². The molecular weight excluding hydrogens is 428 g/mol. The topological polar surface area (TPSA) is 84.9 Å². The number of hydrogen-bond donors (Lipinski definition) is 1. The Morgan fingerprint density at radius 1 is 1.07 bits per heavy atom. The number of carbonyl (C=O) groups is 1. The number of ether oxygens (including phenoxy) is 2. The predicted molar refractivity (Wildman–Crippen MR) is 112 cm³/mol. The molecule has 0 radical (unpaired) electrons. The Morgan fingerprint density at radius 3 is 2.43 bits per heavy atom. The fourth-order valence-corrected chi connectivity index (χ4v) is 5.23. The summed E-state index contributed by atoms with van der Waals surface area (Å²) in [7, 11) is -3.58. The Balaban J connectivity index is 1.27. The molecule has 2 aliphatic heterocycles. The third kappa shape index (κ3) is 4.55. The molecule has 0 spiro atoms. The number of rotatable bonds is 5. The smallest absolute Gasteiger partial charge is 0.243 e. The number of fused-ring (bicyclic) bond motifs is 1. The molecule has 1 amide bonds. The van der Waals surface area contributed by atoms with Crippen LogP contribution in [0.15, 0.2) is 53.4 Å². The first-order valence-electron chi connectivity index (χ1n) is 9.85. The molecule has 9 heteroatoms. The lowest BCUT2D eigenvalue weighted by atomic mass is 9.97. The lowest BCUT2D eigenvalue weighted by Crippen LogP contribution is -2.46. The zero-order valence-electron chi connectivity index (χ0n) is 16.3. The zero-order chi connectivity index (χ0) is 21.1. The van der Waals surface area contributed by atoms with Gasteiger partial charge in [0.25, 0.3) is 0 Å². The summed E-state index contributed by atoms with van der Waals surface area (Å²) in [5.74, 6) is 1.07. The van der Waals surface area contributed by atoms with Gasteiger partial charge in [0, 0.05) is 24.0 Å². The van der Waals surface area contributed by atoms with E-state index in [9.17, 15) is 13.2 Å². The quantitative estimate of drug-likeness (QED) is 0.757. The molecule has 1 fully saturated rings. The number of piperidine rings is 1. The van der Waals surface area contributed by atoms with E-state index in [0.29, 0.717) is 55.6 Å². The van der Waals surface area contributed by atoms with E-state index in [1.54, 1.807) is 12.1 Å². The Kier molecular flexibility index (Phi) is 6.17. The molecule has 160 valence electrons. The third-order valence-corrected chi connectivity index (χ3v) is 7.51. The molecule has 4 rings (SSSR count). The SMILES string of the molecule is O=C(NC[C@@H]1COc2ccccc2O1)C1CCN(S(=O)(=O)c2ccc(Cl)cc2)CC1. The van der Waals surface area contributed by atoms with E-state index >= 15 is 0 Å². The van der Waals surface area contributed by atoms with Crippen molar-refractivity contribution in [3.8, 4) is 11.5 Å². The van der Waals surface area contributed by atoms with Crippen LogP contribution < -0.4 is 14.8 Å². The van der Waals surface area contributed by atoms with E-state index in [1.807, 2.05) is 24.3 Å². The Bertz CT molecular complexity index is 1000. The number of amides is 1. The lowest BCUT2D eigenvalue weighted by molar-refractivity contribution is -0.126. The average Bonchev–Trinajstić information content (AvgIpc) is 2.77. The molecule has 30 heavy (non-hydrogen) atoms. The van der Waals surface area contributed by atoms with Gasteiger partial charge < -0.3 is 14.8 Å². The van der Waals surface area contributed by atoms with Crippen molar-refractivity contribution in [2.45, 2.75) is 23.8 Å². The molecule has 0 saturated carbocycles. The van der Waals surface area contributed by atoms with Gasteiger partial charge in [0.15, 0.2) is 11.5 Å². The van der Waals surface area contributed by atoms with E-state index < -0.39 is 10.0 Å². The molecule has 0 aliphatic carbocycles. The maximum Gasteiger partial charge on any atom is 0.243 e. The van der Waals surface area contributed by atoms with Crippen LogP contribution in [0.4, 0.5) is 0 Å². The Labute approximate surface area is 181 Å². The van der Waals surface area contributed by atoms with Crippen LogP contribution in [0.2, 0.25) is 5.02 Å². The van der Waals surface area contributed by atoms with E-state index in [1.165, 1.54) is 16.4 Å². The van der Waals surface area contributed by atoms with Crippen LogP contribution in [0.1, 0.15) is 12.8 Å². The minimum absolute atomic E-state index is 0.0824. The van der Waals surface area contributed by atoms with Crippen molar-refractivity contribution in [1.82, 2.24) is 9.62 Å². The van der Waals surface area contributed by atoms with E-state index in [-0.39, 0.29) is 22.8 Å². The molecule has 0 unspecified atom stereocenters. The number of hydrogen-bond acceptors (Lipinski definition) is 5. The van der Waals surface area contributed by atoms with Crippen molar-refractivity contribution in [2.75, 3.05) is 26.2 Å². The summed E-state index contributed by atoms with van der Waals surface area (Å²) in [5, 5.41) is 3.40. The number of carbonyl (C=O) groups excluding carboxylic acids is 1. The van der Waals surface area contributed by atoms with Gasteiger partial charge in [0.05, 0.1) is 11.4 Å². The molecule has 0 aromatic heterocycles. The fraction of sp³-hybridized carbons (Fsp3) is 0.381. The van der Waals surface area contributed by atoms with Crippen molar-refractivity contribution in [3.05, 3.63) is 53.6 Å². The van der Waals surface area contributed by atoms with E-state index in [4.69, 9.17) is 21.1 Å². The molecule has 1 N–H and O–H groups in total. The molecule has 7 nitrogen and oxygen atoms in total. The maximum absolute atomic E-state index is 12.8. The van der Waals surface area contributed by atoms with Gasteiger partial charge in [-0.15, -0.1) is 0 Å². The first kappa shape index (κ1) is 21.0. The molecule has 2 aliphatic rings. The van der Waals surface area contributed by atoms with Gasteiger partial charge in [0.2, 0.25) is 15.9 Å². The first-order chi connectivity index (χ1) is 14.4.